The molecular formula is C8H8NOS2. The van der Waals surface area contributed by atoms with E-state index in [-0.39, 0.29) is 0 Å². The van der Waals surface area contributed by atoms with E-state index in [0.29, 0.717) is 5.75 Å². The first-order valence-corrected chi connectivity index (χ1v) is 4.81. The molecule has 0 saturated heterocycles. The number of hydrogen-bond acceptors (Lipinski definition) is 4. The van der Waals surface area contributed by atoms with Crippen molar-refractivity contribution in [1.82, 2.24) is 4.98 Å². The first-order valence-electron chi connectivity index (χ1n) is 3.41. The molecule has 0 saturated carbocycles. The zero-order valence-electron chi connectivity index (χ0n) is 6.30. The van der Waals surface area contributed by atoms with E-state index in [1.807, 2.05) is 12.1 Å². The van der Waals surface area contributed by atoms with Crippen LogP contribution in [0.2, 0.25) is 0 Å². The lowest BCUT2D eigenvalue weighted by atomic mass is 10.5. The first kappa shape index (κ1) is 9.64. The summed E-state index contributed by atoms with van der Waals surface area (Å²) >= 11 is 6.00. The van der Waals surface area contributed by atoms with E-state index in [4.69, 9.17) is 5.11 Å². The number of thiocarbonyl (C=S) groups is 1. The van der Waals surface area contributed by atoms with Gasteiger partial charge in [-0.1, -0.05) is 12.2 Å². The fraction of sp³-hybridized carbons (Fsp3) is 0.250. The smallest absolute Gasteiger partial charge is 0.0996 e. The van der Waals surface area contributed by atoms with Gasteiger partial charge in [0.2, 0.25) is 0 Å². The molecule has 0 amide bonds. The molecule has 0 aliphatic rings. The minimum atomic E-state index is -0.627. The Morgan fingerprint density at radius 3 is 2.83 bits per heavy atom. The second kappa shape index (κ2) is 5.24. The van der Waals surface area contributed by atoms with E-state index in [0.717, 1.165) is 4.90 Å². The summed E-state index contributed by atoms with van der Waals surface area (Å²) in [7, 11) is 0. The summed E-state index contributed by atoms with van der Waals surface area (Å²) < 4.78 is 0. The maximum absolute atomic E-state index is 9.07. The van der Waals surface area contributed by atoms with Crippen LogP contribution in [-0.2, 0) is 0 Å². The van der Waals surface area contributed by atoms with Gasteiger partial charge in [-0.2, -0.15) is 0 Å². The summed E-state index contributed by atoms with van der Waals surface area (Å²) in [6, 6.07) is 3.78. The van der Waals surface area contributed by atoms with Crippen LogP contribution in [0.25, 0.3) is 0 Å². The van der Waals surface area contributed by atoms with Gasteiger partial charge in [0.1, 0.15) is 0 Å². The van der Waals surface area contributed by atoms with Gasteiger partial charge in [0, 0.05) is 23.0 Å². The Labute approximate surface area is 81.0 Å². The van der Waals surface area contributed by atoms with Crippen molar-refractivity contribution >= 4 is 29.3 Å². The van der Waals surface area contributed by atoms with Gasteiger partial charge in [-0.05, 0) is 12.1 Å². The van der Waals surface area contributed by atoms with Crippen LogP contribution >= 0.6 is 24.0 Å². The van der Waals surface area contributed by atoms with Gasteiger partial charge in [-0.25, -0.2) is 0 Å². The second-order valence-corrected chi connectivity index (χ2v) is 3.46. The van der Waals surface area contributed by atoms with E-state index in [1.54, 1.807) is 12.4 Å². The number of thioether (sulfide) groups is 1. The van der Waals surface area contributed by atoms with E-state index in [2.05, 4.69) is 22.6 Å². The number of nitrogens with zero attached hydrogens (tertiary/aromatic N) is 1. The van der Waals surface area contributed by atoms with Crippen LogP contribution in [0.15, 0.2) is 29.4 Å². The van der Waals surface area contributed by atoms with Crippen LogP contribution in [0.5, 0.6) is 0 Å². The van der Waals surface area contributed by atoms with Crippen molar-refractivity contribution in [2.45, 2.75) is 11.0 Å². The lowest BCUT2D eigenvalue weighted by Crippen LogP contribution is -2.09. The zero-order chi connectivity index (χ0) is 8.81. The van der Waals surface area contributed by atoms with Crippen molar-refractivity contribution < 1.29 is 5.11 Å². The molecule has 63 valence electrons. The molecule has 1 aromatic rings. The summed E-state index contributed by atoms with van der Waals surface area (Å²) in [5, 5.41) is 11.4. The lowest BCUT2D eigenvalue weighted by Gasteiger charge is -2.02. The number of hydrogen-bond donors (Lipinski definition) is 1. The summed E-state index contributed by atoms with van der Waals surface area (Å²) in [5.41, 5.74) is 0. The number of aliphatic hydroxyl groups is 1. The van der Waals surface area contributed by atoms with Crippen LogP contribution in [0.3, 0.4) is 0 Å². The molecular weight excluding hydrogens is 190 g/mol. The molecule has 1 rings (SSSR count). The van der Waals surface area contributed by atoms with Crippen LogP contribution in [0, 0.1) is 0 Å². The molecule has 1 heterocycles. The van der Waals surface area contributed by atoms with E-state index < -0.39 is 6.10 Å². The number of aromatic nitrogens is 1. The summed E-state index contributed by atoms with van der Waals surface area (Å²) in [5.74, 6) is 0.549. The Kier molecular flexibility index (Phi) is 4.21. The largest absolute Gasteiger partial charge is 0.387 e. The Morgan fingerprint density at radius 1 is 1.58 bits per heavy atom. The molecule has 1 N–H and O–H groups in total. The molecule has 12 heavy (non-hydrogen) atoms. The maximum atomic E-state index is 9.07. The van der Waals surface area contributed by atoms with E-state index in [9.17, 15) is 0 Å². The van der Waals surface area contributed by atoms with Crippen molar-refractivity contribution in [3.63, 3.8) is 0 Å². The topological polar surface area (TPSA) is 33.1 Å². The molecule has 4 heteroatoms. The number of rotatable bonds is 4. The monoisotopic (exact) mass is 198 g/mol. The van der Waals surface area contributed by atoms with Gasteiger partial charge >= 0.3 is 0 Å². The summed E-state index contributed by atoms with van der Waals surface area (Å²) in [6.07, 6.45) is 2.81. The Morgan fingerprint density at radius 2 is 2.25 bits per heavy atom. The highest BCUT2D eigenvalue weighted by molar-refractivity contribution is 7.99. The predicted octanol–water partition coefficient (Wildman–Crippen LogP) is 1.41. The molecule has 0 spiro atoms. The quantitative estimate of drug-likeness (QED) is 0.586. The average Bonchev–Trinajstić information content (AvgIpc) is 2.16. The summed E-state index contributed by atoms with van der Waals surface area (Å²) in [6.45, 7) is 0. The Bertz CT molecular complexity index is 240. The average molecular weight is 198 g/mol. The molecule has 0 fully saturated rings. The Hall–Kier alpha value is -0.450. The second-order valence-electron chi connectivity index (χ2n) is 2.13. The van der Waals surface area contributed by atoms with Crippen molar-refractivity contribution in [3.05, 3.63) is 24.5 Å². The molecule has 0 aliphatic carbocycles. The molecule has 1 aromatic heterocycles. The highest BCUT2D eigenvalue weighted by atomic mass is 32.2. The third-order valence-electron chi connectivity index (χ3n) is 1.19. The Balaban J connectivity index is 2.38. The van der Waals surface area contributed by atoms with Gasteiger partial charge in [0.25, 0.3) is 0 Å². The lowest BCUT2D eigenvalue weighted by molar-refractivity contribution is 0.273. The van der Waals surface area contributed by atoms with Crippen LogP contribution in [-0.4, -0.2) is 27.3 Å². The third kappa shape index (κ3) is 3.30. The maximum Gasteiger partial charge on any atom is 0.0996 e. The molecule has 1 radical (unpaired) electrons. The molecule has 0 bridgehead atoms. The molecule has 2 nitrogen and oxygen atoms in total. The molecule has 0 aromatic carbocycles. The fourth-order valence-electron chi connectivity index (χ4n) is 0.644. The highest BCUT2D eigenvalue weighted by Crippen LogP contribution is 2.16. The highest BCUT2D eigenvalue weighted by Gasteiger charge is 2.00. The molecule has 1 unspecified atom stereocenters. The summed E-state index contributed by atoms with van der Waals surface area (Å²) in [4.78, 5) is 4.96. The van der Waals surface area contributed by atoms with Gasteiger partial charge in [-0.15, -0.1) is 11.8 Å². The standard InChI is InChI=1S/C8H8NOS2/c10-7(5-11)6-12-8-1-3-9-4-2-8/h1-4,7,10H,6H2. The SMILES string of the molecule is OC([C]=S)CSc1ccncc1. The first-order chi connectivity index (χ1) is 5.83. The van der Waals surface area contributed by atoms with Crippen molar-refractivity contribution in [2.24, 2.45) is 0 Å². The molecule has 1 atom stereocenters. The van der Waals surface area contributed by atoms with E-state index in [1.165, 1.54) is 11.8 Å². The normalized spacial score (nSPS) is 12.4. The van der Waals surface area contributed by atoms with Crippen LogP contribution in [0.1, 0.15) is 0 Å². The van der Waals surface area contributed by atoms with Crippen molar-refractivity contribution in [1.29, 1.82) is 0 Å². The molecule has 0 aliphatic heterocycles. The van der Waals surface area contributed by atoms with Gasteiger partial charge in [-0.3, -0.25) is 4.98 Å². The van der Waals surface area contributed by atoms with Crippen molar-refractivity contribution in [2.75, 3.05) is 5.75 Å². The minimum Gasteiger partial charge on any atom is -0.387 e. The number of aliphatic hydroxyl groups excluding tert-OH is 1. The van der Waals surface area contributed by atoms with E-state index >= 15 is 0 Å². The van der Waals surface area contributed by atoms with Crippen molar-refractivity contribution in [3.8, 4) is 0 Å². The van der Waals surface area contributed by atoms with Gasteiger partial charge in [0.15, 0.2) is 0 Å². The fourth-order valence-corrected chi connectivity index (χ4v) is 1.58. The predicted molar refractivity (Wildman–Crippen MR) is 53.6 cm³/mol. The minimum absolute atomic E-state index is 0.549. The zero-order valence-corrected chi connectivity index (χ0v) is 7.94. The third-order valence-corrected chi connectivity index (χ3v) is 2.55. The van der Waals surface area contributed by atoms with Crippen LogP contribution in [0.4, 0.5) is 0 Å². The van der Waals surface area contributed by atoms with Gasteiger partial charge < -0.3 is 5.11 Å². The van der Waals surface area contributed by atoms with Gasteiger partial charge in [0.05, 0.1) is 11.5 Å². The van der Waals surface area contributed by atoms with Crippen LogP contribution < -0.4 is 0 Å². The number of pyridine rings is 1.